The van der Waals surface area contributed by atoms with Crippen molar-refractivity contribution in [1.29, 1.82) is 0 Å². The summed E-state index contributed by atoms with van der Waals surface area (Å²) in [6, 6.07) is 1.60. The summed E-state index contributed by atoms with van der Waals surface area (Å²) in [6.07, 6.45) is 1.40. The summed E-state index contributed by atoms with van der Waals surface area (Å²) in [5.41, 5.74) is -0.0768. The molecular formula is C15H20N6O6S. The van der Waals surface area contributed by atoms with Crippen molar-refractivity contribution in [2.45, 2.75) is 5.03 Å². The molecule has 0 aliphatic rings. The molecule has 152 valence electrons. The van der Waals surface area contributed by atoms with Gasteiger partial charge in [-0.3, -0.25) is 10.1 Å². The van der Waals surface area contributed by atoms with E-state index in [1.54, 1.807) is 0 Å². The van der Waals surface area contributed by atoms with Crippen molar-refractivity contribution in [2.75, 3.05) is 33.6 Å². The van der Waals surface area contributed by atoms with Crippen LogP contribution in [0.4, 0.5) is 10.7 Å². The Labute approximate surface area is 161 Å². The largest absolute Gasteiger partial charge is 0.481 e. The third-order valence-corrected chi connectivity index (χ3v) is 4.93. The zero-order valence-corrected chi connectivity index (χ0v) is 16.7. The maximum atomic E-state index is 12.7. The number of hydrogen-bond donors (Lipinski definition) is 2. The molecule has 2 aromatic heterocycles. The lowest BCUT2D eigenvalue weighted by atomic mass is 10.3. The lowest BCUT2D eigenvalue weighted by molar-refractivity contribution is 0.0823. The van der Waals surface area contributed by atoms with Crippen molar-refractivity contribution < 1.29 is 27.5 Å². The zero-order valence-electron chi connectivity index (χ0n) is 15.9. The molecule has 0 saturated heterocycles. The van der Waals surface area contributed by atoms with Gasteiger partial charge in [-0.15, -0.1) is 0 Å². The van der Waals surface area contributed by atoms with Crippen LogP contribution in [-0.4, -0.2) is 68.1 Å². The molecule has 0 bridgehead atoms. The molecule has 0 aliphatic carbocycles. The van der Waals surface area contributed by atoms with Crippen molar-refractivity contribution in [3.63, 3.8) is 0 Å². The molecule has 0 saturated carbocycles. The van der Waals surface area contributed by atoms with E-state index in [2.05, 4.69) is 15.3 Å². The maximum absolute atomic E-state index is 12.7. The topological polar surface area (TPSA) is 145 Å². The second-order valence-corrected chi connectivity index (χ2v) is 7.28. The average molecular weight is 412 g/mol. The molecule has 2 N–H and O–H groups in total. The van der Waals surface area contributed by atoms with Gasteiger partial charge in [0.15, 0.2) is 5.03 Å². The van der Waals surface area contributed by atoms with Crippen molar-refractivity contribution in [1.82, 2.24) is 24.2 Å². The molecule has 0 aliphatic heterocycles. The van der Waals surface area contributed by atoms with Gasteiger partial charge in [-0.05, 0) is 6.07 Å². The fourth-order valence-electron chi connectivity index (χ4n) is 2.22. The highest BCUT2D eigenvalue weighted by atomic mass is 32.2. The lowest BCUT2D eigenvalue weighted by Crippen LogP contribution is -2.37. The quantitative estimate of drug-likeness (QED) is 0.677. The van der Waals surface area contributed by atoms with Crippen molar-refractivity contribution in [3.05, 3.63) is 23.9 Å². The molecule has 13 heteroatoms. The van der Waals surface area contributed by atoms with Crippen LogP contribution in [0.2, 0.25) is 0 Å². The second kappa shape index (κ2) is 8.12. The number of aromatic nitrogens is 3. The molecule has 2 rings (SSSR count). The number of sulfonamides is 1. The van der Waals surface area contributed by atoms with Gasteiger partial charge >= 0.3 is 6.03 Å². The van der Waals surface area contributed by atoms with Gasteiger partial charge in [-0.25, -0.2) is 9.52 Å². The fraction of sp³-hybridized carbons (Fsp3) is 0.333. The third-order valence-electron chi connectivity index (χ3n) is 3.46. The number of ether oxygens (including phenoxy) is 2. The Hall–Kier alpha value is -3.35. The molecule has 3 amide bonds. The van der Waals surface area contributed by atoms with E-state index >= 15 is 0 Å². The number of carbonyl (C=O) groups is 2. The average Bonchev–Trinajstić information content (AvgIpc) is 3.02. The monoisotopic (exact) mass is 412 g/mol. The van der Waals surface area contributed by atoms with Gasteiger partial charge < -0.3 is 18.9 Å². The van der Waals surface area contributed by atoms with Crippen LogP contribution < -0.4 is 19.5 Å². The molecule has 0 fully saturated rings. The number of hydrogen-bond acceptors (Lipinski definition) is 8. The van der Waals surface area contributed by atoms with E-state index in [1.165, 1.54) is 63.2 Å². The van der Waals surface area contributed by atoms with Crippen molar-refractivity contribution in [3.8, 4) is 11.8 Å². The van der Waals surface area contributed by atoms with Gasteiger partial charge in [0.25, 0.3) is 15.9 Å². The molecule has 2 heterocycles. The number of urea groups is 1. The van der Waals surface area contributed by atoms with Crippen molar-refractivity contribution in [2.24, 2.45) is 7.05 Å². The molecular weight excluding hydrogens is 392 g/mol. The molecule has 12 nitrogen and oxygen atoms in total. The minimum absolute atomic E-state index is 0.0768. The molecule has 2 aromatic rings. The van der Waals surface area contributed by atoms with Gasteiger partial charge in [0.2, 0.25) is 17.7 Å². The number of carbonyl (C=O) groups excluding carboxylic acids is 2. The van der Waals surface area contributed by atoms with Gasteiger partial charge in [-0.2, -0.15) is 18.4 Å². The van der Waals surface area contributed by atoms with Gasteiger partial charge in [-0.1, -0.05) is 0 Å². The van der Waals surface area contributed by atoms with Crippen LogP contribution in [0.1, 0.15) is 10.4 Å². The first kappa shape index (κ1) is 21.0. The highest BCUT2D eigenvalue weighted by Gasteiger charge is 2.28. The Morgan fingerprint density at radius 1 is 1.14 bits per heavy atom. The maximum Gasteiger partial charge on any atom is 0.335 e. The van der Waals surface area contributed by atoms with Crippen LogP contribution in [0.15, 0.2) is 23.4 Å². The molecule has 0 atom stereocenters. The molecule has 0 unspecified atom stereocenters. The molecule has 0 spiro atoms. The van der Waals surface area contributed by atoms with Crippen LogP contribution in [0, 0.1) is 0 Å². The van der Waals surface area contributed by atoms with E-state index in [1.807, 2.05) is 4.72 Å². The van der Waals surface area contributed by atoms with E-state index in [-0.39, 0.29) is 28.3 Å². The predicted molar refractivity (Wildman–Crippen MR) is 97.9 cm³/mol. The minimum atomic E-state index is -4.37. The van der Waals surface area contributed by atoms with E-state index < -0.39 is 22.0 Å². The second-order valence-electron chi connectivity index (χ2n) is 5.68. The number of rotatable bonds is 6. The standard InChI is InChI=1S/C15H20N6O6S/c1-20(2)12(22)9-6-7-21(3)13(9)28(24,25)19-15(23)18-14-16-10(26-4)8-11(17-14)27-5/h6-8H,1-5H3,(H2,16,17,18,19,23). The summed E-state index contributed by atoms with van der Waals surface area (Å²) < 4.78 is 38.3. The lowest BCUT2D eigenvalue weighted by Gasteiger charge is -2.13. The molecule has 0 radical (unpaired) electrons. The first-order valence-corrected chi connectivity index (χ1v) is 9.25. The highest BCUT2D eigenvalue weighted by Crippen LogP contribution is 2.19. The number of amides is 3. The van der Waals surface area contributed by atoms with Crippen LogP contribution in [0.25, 0.3) is 0 Å². The van der Waals surface area contributed by atoms with Crippen LogP contribution in [0.3, 0.4) is 0 Å². The number of nitrogens with one attached hydrogen (secondary N) is 2. The molecule has 28 heavy (non-hydrogen) atoms. The van der Waals surface area contributed by atoms with E-state index in [0.29, 0.717) is 0 Å². The first-order chi connectivity index (χ1) is 13.1. The van der Waals surface area contributed by atoms with E-state index in [4.69, 9.17) is 9.47 Å². The SMILES string of the molecule is COc1cc(OC)nc(NC(=O)NS(=O)(=O)c2c(C(=O)N(C)C)ccn2C)n1. The van der Waals surface area contributed by atoms with Crippen LogP contribution in [-0.2, 0) is 17.1 Å². The smallest absolute Gasteiger partial charge is 0.335 e. The van der Waals surface area contributed by atoms with Gasteiger partial charge in [0.1, 0.15) is 0 Å². The van der Waals surface area contributed by atoms with Crippen LogP contribution in [0.5, 0.6) is 11.8 Å². The Morgan fingerprint density at radius 2 is 1.71 bits per heavy atom. The molecule has 0 aromatic carbocycles. The minimum Gasteiger partial charge on any atom is -0.481 e. The summed E-state index contributed by atoms with van der Waals surface area (Å²) in [4.78, 5) is 33.4. The fourth-order valence-corrected chi connectivity index (χ4v) is 3.50. The summed E-state index contributed by atoms with van der Waals surface area (Å²) >= 11 is 0. The van der Waals surface area contributed by atoms with Gasteiger partial charge in [0.05, 0.1) is 25.8 Å². The summed E-state index contributed by atoms with van der Waals surface area (Å²) in [5.74, 6) is -0.555. The Balaban J connectivity index is 2.27. The highest BCUT2D eigenvalue weighted by molar-refractivity contribution is 7.90. The Kier molecular flexibility index (Phi) is 6.08. The third kappa shape index (κ3) is 4.49. The normalized spacial score (nSPS) is 10.9. The zero-order chi connectivity index (χ0) is 21.1. The van der Waals surface area contributed by atoms with Gasteiger partial charge in [0, 0.05) is 27.3 Å². The summed E-state index contributed by atoms with van der Waals surface area (Å²) in [6.45, 7) is 0. The number of aryl methyl sites for hydroxylation is 1. The first-order valence-electron chi connectivity index (χ1n) is 7.77. The van der Waals surface area contributed by atoms with E-state index in [9.17, 15) is 18.0 Å². The number of nitrogens with zero attached hydrogens (tertiary/aromatic N) is 4. The predicted octanol–water partition coefficient (Wildman–Crippen LogP) is 0.0445. The Bertz CT molecular complexity index is 978. The van der Waals surface area contributed by atoms with Crippen LogP contribution >= 0.6 is 0 Å². The Morgan fingerprint density at radius 3 is 2.21 bits per heavy atom. The van der Waals surface area contributed by atoms with Crippen molar-refractivity contribution >= 4 is 27.9 Å². The summed E-state index contributed by atoms with van der Waals surface area (Å²) in [5, 5.41) is 1.83. The van der Waals surface area contributed by atoms with E-state index in [0.717, 1.165) is 0 Å². The number of anilines is 1. The number of methoxy groups -OCH3 is 2. The summed E-state index contributed by atoms with van der Waals surface area (Å²) in [7, 11) is 2.75.